The Morgan fingerprint density at radius 2 is 1.94 bits per heavy atom. The number of halogens is 1. The van der Waals surface area contributed by atoms with E-state index in [9.17, 15) is 9.18 Å². The van der Waals surface area contributed by atoms with E-state index < -0.39 is 11.7 Å². The first-order valence-electron chi connectivity index (χ1n) is 9.83. The number of benzene rings is 2. The van der Waals surface area contributed by atoms with Crippen molar-refractivity contribution in [3.05, 3.63) is 71.7 Å². The van der Waals surface area contributed by atoms with Crippen LogP contribution in [0.3, 0.4) is 0 Å². The molecule has 0 unspecified atom stereocenters. The molecule has 0 spiro atoms. The number of nitrogens with one attached hydrogen (secondary N) is 1. The maximum atomic E-state index is 14.5. The van der Waals surface area contributed by atoms with Gasteiger partial charge in [0.05, 0.1) is 24.1 Å². The highest BCUT2D eigenvalue weighted by Gasteiger charge is 2.18. The monoisotopic (exact) mass is 421 g/mol. The first kappa shape index (κ1) is 20.3. The van der Waals surface area contributed by atoms with Crippen molar-refractivity contribution < 1.29 is 22.8 Å². The molecule has 0 aliphatic rings. The number of rotatable bonds is 7. The molecule has 8 heteroatoms. The lowest BCUT2D eigenvalue weighted by Crippen LogP contribution is -2.15. The molecule has 4 aromatic rings. The first-order valence-corrected chi connectivity index (χ1v) is 9.83. The number of amides is 1. The summed E-state index contributed by atoms with van der Waals surface area (Å²) >= 11 is 0. The van der Waals surface area contributed by atoms with Crippen LogP contribution >= 0.6 is 0 Å². The average molecular weight is 421 g/mol. The van der Waals surface area contributed by atoms with E-state index in [1.807, 2.05) is 19.9 Å². The van der Waals surface area contributed by atoms with Crippen LogP contribution in [0.25, 0.3) is 23.1 Å². The summed E-state index contributed by atoms with van der Waals surface area (Å²) in [7, 11) is 0. The second-order valence-electron chi connectivity index (χ2n) is 6.66. The van der Waals surface area contributed by atoms with Gasteiger partial charge in [-0.3, -0.25) is 4.79 Å². The Morgan fingerprint density at radius 3 is 2.68 bits per heavy atom. The van der Waals surface area contributed by atoms with Gasteiger partial charge in [0.25, 0.3) is 11.8 Å². The number of hydrogen-bond donors (Lipinski definition) is 1. The largest absolute Gasteiger partial charge is 0.493 e. The third-order valence-electron chi connectivity index (χ3n) is 4.62. The maximum Gasteiger partial charge on any atom is 0.283 e. The number of hydrogen-bond acceptors (Lipinski definition) is 6. The Morgan fingerprint density at radius 1 is 1.10 bits per heavy atom. The van der Waals surface area contributed by atoms with E-state index >= 15 is 0 Å². The third-order valence-corrected chi connectivity index (χ3v) is 4.62. The highest BCUT2D eigenvalue weighted by atomic mass is 19.1. The molecule has 158 valence electrons. The summed E-state index contributed by atoms with van der Waals surface area (Å²) in [5.41, 5.74) is 1.75. The predicted molar refractivity (Wildman–Crippen MR) is 112 cm³/mol. The number of ether oxygens (including phenoxy) is 1. The highest BCUT2D eigenvalue weighted by Crippen LogP contribution is 2.28. The van der Waals surface area contributed by atoms with Gasteiger partial charge in [0.15, 0.2) is 5.76 Å². The molecule has 31 heavy (non-hydrogen) atoms. The number of anilines is 1. The van der Waals surface area contributed by atoms with Gasteiger partial charge in [-0.05, 0) is 61.4 Å². The van der Waals surface area contributed by atoms with Gasteiger partial charge in [0, 0.05) is 5.56 Å². The minimum absolute atomic E-state index is 0.00963. The van der Waals surface area contributed by atoms with Crippen molar-refractivity contribution >= 4 is 11.6 Å². The van der Waals surface area contributed by atoms with Crippen LogP contribution < -0.4 is 10.1 Å². The van der Waals surface area contributed by atoms with Crippen LogP contribution in [-0.2, 0) is 6.42 Å². The number of aryl methyl sites for hydroxylation is 1. The summed E-state index contributed by atoms with van der Waals surface area (Å²) in [5.74, 6) is 0.170. The standard InChI is InChI=1S/C23H20FN3O4/c1-3-14-7-10-19(29-4-2)16(12-14)21(28)25-18-13-15(8-9-17(18)24)22-26-27-23(31-22)20-6-5-11-30-20/h5-13H,3-4H2,1-2H3,(H,25,28). The Balaban J connectivity index is 1.62. The van der Waals surface area contributed by atoms with Crippen LogP contribution in [0, 0.1) is 5.82 Å². The number of aromatic nitrogens is 2. The molecular formula is C23H20FN3O4. The minimum atomic E-state index is -0.590. The fraction of sp³-hybridized carbons (Fsp3) is 0.174. The summed E-state index contributed by atoms with van der Waals surface area (Å²) in [6.45, 7) is 4.23. The zero-order valence-corrected chi connectivity index (χ0v) is 17.0. The van der Waals surface area contributed by atoms with Gasteiger partial charge in [0.1, 0.15) is 11.6 Å². The topological polar surface area (TPSA) is 90.4 Å². The fourth-order valence-electron chi connectivity index (χ4n) is 3.04. The molecule has 0 aliphatic heterocycles. The molecule has 0 bridgehead atoms. The smallest absolute Gasteiger partial charge is 0.283 e. The van der Waals surface area contributed by atoms with Gasteiger partial charge in [-0.15, -0.1) is 10.2 Å². The molecule has 2 aromatic heterocycles. The molecular weight excluding hydrogens is 401 g/mol. The summed E-state index contributed by atoms with van der Waals surface area (Å²) < 4.78 is 30.9. The lowest BCUT2D eigenvalue weighted by molar-refractivity contribution is 0.102. The van der Waals surface area contributed by atoms with Gasteiger partial charge in [-0.1, -0.05) is 13.0 Å². The first-order chi connectivity index (χ1) is 15.1. The Kier molecular flexibility index (Phi) is 5.79. The van der Waals surface area contributed by atoms with E-state index in [0.717, 1.165) is 12.0 Å². The SMILES string of the molecule is CCOc1ccc(CC)cc1C(=O)Nc1cc(-c2nnc(-c3ccco3)o2)ccc1F. The van der Waals surface area contributed by atoms with Gasteiger partial charge < -0.3 is 18.9 Å². The fourth-order valence-corrected chi connectivity index (χ4v) is 3.04. The van der Waals surface area contributed by atoms with Gasteiger partial charge in [-0.2, -0.15) is 0 Å². The van der Waals surface area contributed by atoms with Crippen molar-refractivity contribution in [3.63, 3.8) is 0 Å². The summed E-state index contributed by atoms with van der Waals surface area (Å²) in [6, 6.07) is 12.9. The van der Waals surface area contributed by atoms with Gasteiger partial charge >= 0.3 is 0 Å². The second-order valence-corrected chi connectivity index (χ2v) is 6.66. The second kappa shape index (κ2) is 8.83. The van der Waals surface area contributed by atoms with E-state index in [2.05, 4.69) is 15.5 Å². The molecule has 7 nitrogen and oxygen atoms in total. The quantitative estimate of drug-likeness (QED) is 0.433. The van der Waals surface area contributed by atoms with Gasteiger partial charge in [0.2, 0.25) is 5.89 Å². The Labute approximate surface area is 177 Å². The van der Waals surface area contributed by atoms with Crippen molar-refractivity contribution in [3.8, 4) is 28.9 Å². The van der Waals surface area contributed by atoms with Crippen molar-refractivity contribution in [2.75, 3.05) is 11.9 Å². The van der Waals surface area contributed by atoms with Crippen LogP contribution in [0.5, 0.6) is 5.75 Å². The summed E-state index contributed by atoms with van der Waals surface area (Å²) in [6.07, 6.45) is 2.25. The number of furan rings is 1. The Bertz CT molecular complexity index is 1200. The minimum Gasteiger partial charge on any atom is -0.493 e. The summed E-state index contributed by atoms with van der Waals surface area (Å²) in [4.78, 5) is 12.9. The molecule has 0 saturated heterocycles. The van der Waals surface area contributed by atoms with Crippen LogP contribution in [0.1, 0.15) is 29.8 Å². The number of nitrogens with zero attached hydrogens (tertiary/aromatic N) is 2. The van der Waals surface area contributed by atoms with Crippen molar-refractivity contribution in [2.45, 2.75) is 20.3 Å². The average Bonchev–Trinajstić information content (AvgIpc) is 3.48. The van der Waals surface area contributed by atoms with Crippen molar-refractivity contribution in [2.24, 2.45) is 0 Å². The van der Waals surface area contributed by atoms with E-state index in [-0.39, 0.29) is 17.5 Å². The zero-order chi connectivity index (χ0) is 21.8. The maximum absolute atomic E-state index is 14.5. The van der Waals surface area contributed by atoms with Crippen LogP contribution in [-0.4, -0.2) is 22.7 Å². The van der Waals surface area contributed by atoms with E-state index in [4.69, 9.17) is 13.6 Å². The highest BCUT2D eigenvalue weighted by molar-refractivity contribution is 6.06. The van der Waals surface area contributed by atoms with E-state index in [1.165, 1.54) is 24.5 Å². The molecule has 1 N–H and O–H groups in total. The zero-order valence-electron chi connectivity index (χ0n) is 17.0. The van der Waals surface area contributed by atoms with E-state index in [0.29, 0.717) is 29.2 Å². The molecule has 0 fully saturated rings. The molecule has 0 atom stereocenters. The number of carbonyl (C=O) groups is 1. The molecule has 1 amide bonds. The van der Waals surface area contributed by atoms with Crippen LogP contribution in [0.2, 0.25) is 0 Å². The molecule has 2 heterocycles. The summed E-state index contributed by atoms with van der Waals surface area (Å²) in [5, 5.41) is 10.5. The molecule has 2 aromatic carbocycles. The Hall–Kier alpha value is -3.94. The predicted octanol–water partition coefficient (Wildman–Crippen LogP) is 5.35. The molecule has 0 radical (unpaired) electrons. The molecule has 0 saturated carbocycles. The van der Waals surface area contributed by atoms with Gasteiger partial charge in [-0.25, -0.2) is 4.39 Å². The lowest BCUT2D eigenvalue weighted by Gasteiger charge is -2.13. The normalized spacial score (nSPS) is 10.8. The third kappa shape index (κ3) is 4.32. The van der Waals surface area contributed by atoms with Crippen molar-refractivity contribution in [1.82, 2.24) is 10.2 Å². The molecule has 0 aliphatic carbocycles. The van der Waals surface area contributed by atoms with Crippen LogP contribution in [0.15, 0.2) is 63.6 Å². The van der Waals surface area contributed by atoms with E-state index in [1.54, 1.807) is 24.3 Å². The number of carbonyl (C=O) groups excluding carboxylic acids is 1. The lowest BCUT2D eigenvalue weighted by atomic mass is 10.1. The van der Waals surface area contributed by atoms with Crippen LogP contribution in [0.4, 0.5) is 10.1 Å². The molecule has 4 rings (SSSR count). The van der Waals surface area contributed by atoms with Crippen molar-refractivity contribution in [1.29, 1.82) is 0 Å².